The van der Waals surface area contributed by atoms with Crippen LogP contribution in [0.2, 0.25) is 0 Å². The van der Waals surface area contributed by atoms with E-state index in [1.807, 2.05) is 23.1 Å². The fourth-order valence-electron chi connectivity index (χ4n) is 2.66. The summed E-state index contributed by atoms with van der Waals surface area (Å²) < 4.78 is 1.21. The molecule has 1 saturated heterocycles. The Bertz CT molecular complexity index is 444. The molecule has 0 radical (unpaired) electrons. The quantitative estimate of drug-likeness (QED) is 0.898. The van der Waals surface area contributed by atoms with Crippen LogP contribution < -0.4 is 5.32 Å². The van der Waals surface area contributed by atoms with E-state index in [2.05, 4.69) is 33.4 Å². The molecule has 1 aromatic rings. The number of hydrogen-bond donors (Lipinski definition) is 1. The largest absolute Gasteiger partial charge is 0.362 e. The Morgan fingerprint density at radius 3 is 3.17 bits per heavy atom. The predicted octanol–water partition coefficient (Wildman–Crippen LogP) is 3.91. The zero-order chi connectivity index (χ0) is 12.4. The molecule has 0 spiro atoms. The van der Waals surface area contributed by atoms with E-state index in [1.54, 1.807) is 0 Å². The number of aliphatic imine (C=N–C) groups is 1. The van der Waals surface area contributed by atoms with Gasteiger partial charge >= 0.3 is 0 Å². The third-order valence-electron chi connectivity index (χ3n) is 3.64. The zero-order valence-corrected chi connectivity index (χ0v) is 13.4. The smallest absolute Gasteiger partial charge is 0.156 e. The van der Waals surface area contributed by atoms with Crippen molar-refractivity contribution in [1.29, 1.82) is 0 Å². The summed E-state index contributed by atoms with van der Waals surface area (Å²) >= 11 is 7.22. The van der Waals surface area contributed by atoms with Crippen LogP contribution >= 0.6 is 39.0 Å². The number of hydrogen-bond acceptors (Lipinski definition) is 3. The molecule has 2 fully saturated rings. The monoisotopic (exact) mass is 344 g/mol. The Hall–Kier alpha value is -0.0000000000000000833. The highest BCUT2D eigenvalue weighted by Gasteiger charge is 2.31. The average molecular weight is 345 g/mol. The summed E-state index contributed by atoms with van der Waals surface area (Å²) in [6.45, 7) is 0.902. The standard InChI is InChI=1S/C13H17BrN2S2/c14-12-5-4-10(18-12)6-7-15-13-16-11-3-1-2-9(11)8-17-13/h4-5,9,11H,1-3,6-8H2,(H,15,16). The minimum Gasteiger partial charge on any atom is -0.362 e. The van der Waals surface area contributed by atoms with E-state index in [4.69, 9.17) is 4.99 Å². The molecule has 0 bridgehead atoms. The average Bonchev–Trinajstić information content (AvgIpc) is 2.97. The van der Waals surface area contributed by atoms with Gasteiger partial charge in [0.25, 0.3) is 0 Å². The van der Waals surface area contributed by atoms with Crippen molar-refractivity contribution in [1.82, 2.24) is 5.32 Å². The number of amidine groups is 1. The Labute approximate surface area is 125 Å². The summed E-state index contributed by atoms with van der Waals surface area (Å²) in [5.74, 6) is 2.16. The second-order valence-corrected chi connectivity index (χ2v) is 8.45. The van der Waals surface area contributed by atoms with Crippen molar-refractivity contribution in [2.24, 2.45) is 10.9 Å². The molecule has 2 heterocycles. The summed E-state index contributed by atoms with van der Waals surface area (Å²) in [5, 5.41) is 4.79. The first-order valence-electron chi connectivity index (χ1n) is 6.49. The highest BCUT2D eigenvalue weighted by molar-refractivity contribution is 9.11. The van der Waals surface area contributed by atoms with Crippen LogP contribution in [-0.4, -0.2) is 23.5 Å². The van der Waals surface area contributed by atoms with Crippen LogP contribution in [0, 0.1) is 5.92 Å². The van der Waals surface area contributed by atoms with Gasteiger partial charge in [-0.3, -0.25) is 4.99 Å². The highest BCUT2D eigenvalue weighted by atomic mass is 79.9. The molecule has 2 atom stereocenters. The van der Waals surface area contributed by atoms with E-state index in [0.717, 1.165) is 18.9 Å². The van der Waals surface area contributed by atoms with Gasteiger partial charge < -0.3 is 5.32 Å². The molecule has 1 N–H and O–H groups in total. The van der Waals surface area contributed by atoms with Gasteiger partial charge in [-0.1, -0.05) is 18.2 Å². The van der Waals surface area contributed by atoms with Crippen LogP contribution in [0.25, 0.3) is 0 Å². The van der Waals surface area contributed by atoms with Gasteiger partial charge in [-0.05, 0) is 46.8 Å². The zero-order valence-electron chi connectivity index (χ0n) is 10.2. The SMILES string of the molecule is Brc1ccc(CCN=C2NC3CCCC3CS2)s1. The minimum atomic E-state index is 0.709. The summed E-state index contributed by atoms with van der Waals surface area (Å²) in [4.78, 5) is 6.12. The Morgan fingerprint density at radius 1 is 1.39 bits per heavy atom. The molecule has 2 unspecified atom stereocenters. The molecule has 3 rings (SSSR count). The van der Waals surface area contributed by atoms with Gasteiger partial charge in [0.05, 0.1) is 3.79 Å². The molecule has 18 heavy (non-hydrogen) atoms. The Balaban J connectivity index is 1.50. The maximum absolute atomic E-state index is 4.71. The van der Waals surface area contributed by atoms with Gasteiger partial charge in [0.2, 0.25) is 0 Å². The molecule has 1 aliphatic carbocycles. The fraction of sp³-hybridized carbons (Fsp3) is 0.615. The molecule has 98 valence electrons. The van der Waals surface area contributed by atoms with Crippen LogP contribution in [0.3, 0.4) is 0 Å². The second kappa shape index (κ2) is 5.97. The number of nitrogens with one attached hydrogen (secondary N) is 1. The van der Waals surface area contributed by atoms with Crippen molar-refractivity contribution in [3.63, 3.8) is 0 Å². The number of nitrogens with zero attached hydrogens (tertiary/aromatic N) is 1. The van der Waals surface area contributed by atoms with Crippen molar-refractivity contribution in [2.75, 3.05) is 12.3 Å². The lowest BCUT2D eigenvalue weighted by Crippen LogP contribution is -2.41. The predicted molar refractivity (Wildman–Crippen MR) is 84.7 cm³/mol. The molecule has 1 aliphatic heterocycles. The molecule has 0 amide bonds. The van der Waals surface area contributed by atoms with Gasteiger partial charge in [-0.15, -0.1) is 11.3 Å². The van der Waals surface area contributed by atoms with Crippen LogP contribution in [0.1, 0.15) is 24.1 Å². The van der Waals surface area contributed by atoms with Gasteiger partial charge in [-0.25, -0.2) is 0 Å². The number of halogens is 1. The van der Waals surface area contributed by atoms with Gasteiger partial charge in [0.15, 0.2) is 5.17 Å². The van der Waals surface area contributed by atoms with E-state index in [9.17, 15) is 0 Å². The summed E-state index contributed by atoms with van der Waals surface area (Å²) in [7, 11) is 0. The molecular weight excluding hydrogens is 328 g/mol. The fourth-order valence-corrected chi connectivity index (χ4v) is 5.32. The Kier molecular flexibility index (Phi) is 4.31. The maximum Gasteiger partial charge on any atom is 0.156 e. The molecule has 1 aromatic heterocycles. The minimum absolute atomic E-state index is 0.709. The van der Waals surface area contributed by atoms with Gasteiger partial charge in [0.1, 0.15) is 0 Å². The van der Waals surface area contributed by atoms with E-state index in [-0.39, 0.29) is 0 Å². The van der Waals surface area contributed by atoms with Gasteiger partial charge in [-0.2, -0.15) is 0 Å². The van der Waals surface area contributed by atoms with Crippen molar-refractivity contribution in [3.8, 4) is 0 Å². The first kappa shape index (κ1) is 13.0. The highest BCUT2D eigenvalue weighted by Crippen LogP contribution is 2.32. The maximum atomic E-state index is 4.71. The topological polar surface area (TPSA) is 24.4 Å². The number of thiophene rings is 1. The Morgan fingerprint density at radius 2 is 2.33 bits per heavy atom. The third-order valence-corrected chi connectivity index (χ3v) is 6.44. The number of fused-ring (bicyclic) bond motifs is 1. The molecule has 2 aliphatic rings. The van der Waals surface area contributed by atoms with Crippen LogP contribution in [0.4, 0.5) is 0 Å². The third kappa shape index (κ3) is 3.11. The molecule has 5 heteroatoms. The molecule has 0 aromatic carbocycles. The van der Waals surface area contributed by atoms with Gasteiger partial charge in [0, 0.05) is 29.6 Å². The van der Waals surface area contributed by atoms with Crippen molar-refractivity contribution in [3.05, 3.63) is 20.8 Å². The van der Waals surface area contributed by atoms with E-state index >= 15 is 0 Å². The first-order chi connectivity index (χ1) is 8.81. The van der Waals surface area contributed by atoms with Crippen LogP contribution in [0.15, 0.2) is 20.9 Å². The molecular formula is C13H17BrN2S2. The number of thioether (sulfide) groups is 1. The van der Waals surface area contributed by atoms with Crippen molar-refractivity contribution >= 4 is 44.2 Å². The van der Waals surface area contributed by atoms with E-state index in [0.29, 0.717) is 6.04 Å². The normalized spacial score (nSPS) is 29.3. The lowest BCUT2D eigenvalue weighted by molar-refractivity contribution is 0.490. The van der Waals surface area contributed by atoms with Crippen LogP contribution in [-0.2, 0) is 6.42 Å². The molecule has 1 saturated carbocycles. The first-order valence-corrected chi connectivity index (χ1v) is 9.09. The summed E-state index contributed by atoms with van der Waals surface area (Å²) in [6.07, 6.45) is 5.18. The summed E-state index contributed by atoms with van der Waals surface area (Å²) in [5.41, 5.74) is 0. The number of rotatable bonds is 3. The summed E-state index contributed by atoms with van der Waals surface area (Å²) in [6, 6.07) is 5.01. The lowest BCUT2D eigenvalue weighted by atomic mass is 10.1. The van der Waals surface area contributed by atoms with E-state index in [1.165, 1.54) is 38.8 Å². The van der Waals surface area contributed by atoms with Crippen molar-refractivity contribution < 1.29 is 0 Å². The lowest BCUT2D eigenvalue weighted by Gasteiger charge is -2.28. The van der Waals surface area contributed by atoms with Crippen LogP contribution in [0.5, 0.6) is 0 Å². The van der Waals surface area contributed by atoms with Crippen molar-refractivity contribution in [2.45, 2.75) is 31.7 Å². The molecule has 2 nitrogen and oxygen atoms in total. The van der Waals surface area contributed by atoms with E-state index < -0.39 is 0 Å². The second-order valence-electron chi connectivity index (χ2n) is 4.90.